The second kappa shape index (κ2) is 8.91. The molecule has 1 aromatic carbocycles. The Kier molecular flexibility index (Phi) is 7.95. The largest absolute Gasteiger partial charge is 0.666 e. The van der Waals surface area contributed by atoms with Gasteiger partial charge >= 0.3 is 0 Å². The Morgan fingerprint density at radius 3 is 2.42 bits per heavy atom. The molecular formula is C17H24N3O4SY-. The zero-order valence-corrected chi connectivity index (χ0v) is 18.9. The number of rotatable bonds is 5. The zero-order chi connectivity index (χ0) is 18.8. The van der Waals surface area contributed by atoms with E-state index in [0.717, 1.165) is 0 Å². The van der Waals surface area contributed by atoms with Gasteiger partial charge in [0.25, 0.3) is 0 Å². The molecule has 1 aromatic rings. The van der Waals surface area contributed by atoms with Crippen molar-refractivity contribution in [3.8, 4) is 0 Å². The van der Waals surface area contributed by atoms with Gasteiger partial charge in [-0.1, -0.05) is 32.0 Å². The summed E-state index contributed by atoms with van der Waals surface area (Å²) in [6.07, 6.45) is 1.26. The molecule has 1 saturated heterocycles. The average molecular weight is 455 g/mol. The van der Waals surface area contributed by atoms with Crippen LogP contribution in [-0.4, -0.2) is 43.8 Å². The molecule has 141 valence electrons. The molecule has 2 N–H and O–H groups in total. The first-order valence-electron chi connectivity index (χ1n) is 8.19. The Bertz CT molecular complexity index is 753. The Morgan fingerprint density at radius 2 is 1.88 bits per heavy atom. The summed E-state index contributed by atoms with van der Waals surface area (Å²) >= 11 is 0. The van der Waals surface area contributed by atoms with Gasteiger partial charge in [0.15, 0.2) is 0 Å². The second-order valence-corrected chi connectivity index (χ2v) is 8.75. The van der Waals surface area contributed by atoms with E-state index in [1.165, 1.54) is 24.0 Å². The Morgan fingerprint density at radius 1 is 1.31 bits per heavy atom. The van der Waals surface area contributed by atoms with Crippen LogP contribution >= 0.6 is 0 Å². The number of carbonyl (C=O) groups excluding carboxylic acids is 2. The van der Waals surface area contributed by atoms with Crippen molar-refractivity contribution in [3.63, 3.8) is 0 Å². The van der Waals surface area contributed by atoms with E-state index in [2.05, 4.69) is 4.72 Å². The van der Waals surface area contributed by atoms with Crippen LogP contribution in [0.15, 0.2) is 35.2 Å². The van der Waals surface area contributed by atoms with Crippen LogP contribution in [-0.2, 0) is 52.3 Å². The van der Waals surface area contributed by atoms with Crippen LogP contribution in [0, 0.1) is 5.41 Å². The van der Waals surface area contributed by atoms with E-state index < -0.39 is 39.3 Å². The van der Waals surface area contributed by atoms with Gasteiger partial charge in [0.05, 0.1) is 16.8 Å². The molecule has 26 heavy (non-hydrogen) atoms. The molecule has 0 bridgehead atoms. The molecule has 1 radical (unpaired) electrons. The smallest absolute Gasteiger partial charge is 0.241 e. The standard InChI is InChI=1S/C17H25N3O4S.Y/c1-12(15(18)21)20-11-7-10-17(2,3)14(16(20)22)19-25(23,24)13-8-5-4-6-9-13;/h4-6,8-9,12,14,19H,7,10-11H2,1-3H3,(H2,18,21);/p-1/t12-,14+;/m0./s1. The van der Waals surface area contributed by atoms with Crippen LogP contribution < -0.4 is 4.72 Å². The van der Waals surface area contributed by atoms with Crippen molar-refractivity contribution >= 4 is 21.8 Å². The third-order valence-electron chi connectivity index (χ3n) is 4.71. The van der Waals surface area contributed by atoms with E-state index in [4.69, 9.17) is 5.73 Å². The van der Waals surface area contributed by atoms with Crippen molar-refractivity contribution in [2.45, 2.75) is 50.6 Å². The first-order valence-corrected chi connectivity index (χ1v) is 9.68. The Balaban J connectivity index is 0.00000338. The second-order valence-electron chi connectivity index (χ2n) is 7.03. The van der Waals surface area contributed by atoms with Gasteiger partial charge in [0, 0.05) is 39.3 Å². The molecule has 1 aliphatic rings. The normalized spacial score (nSPS) is 21.4. The predicted octanol–water partition coefficient (Wildman–Crippen LogP) is 1.95. The maximum Gasteiger partial charge on any atom is 0.241 e. The van der Waals surface area contributed by atoms with Crippen LogP contribution in [0.3, 0.4) is 0 Å². The van der Waals surface area contributed by atoms with Crippen LogP contribution in [0.5, 0.6) is 0 Å². The van der Waals surface area contributed by atoms with Gasteiger partial charge in [-0.05, 0) is 37.3 Å². The SMILES string of the molecule is C[C@@H](C([NH-])=O)N1CCCC(C)(C)[C@H](NS(=O)(=O)c2ccccc2)C1=O.[Y]. The van der Waals surface area contributed by atoms with Crippen molar-refractivity contribution in [3.05, 3.63) is 36.1 Å². The number of sulfonamides is 1. The van der Waals surface area contributed by atoms with Gasteiger partial charge in [0.2, 0.25) is 15.9 Å². The fourth-order valence-electron chi connectivity index (χ4n) is 3.02. The molecule has 0 spiro atoms. The van der Waals surface area contributed by atoms with E-state index >= 15 is 0 Å². The van der Waals surface area contributed by atoms with Crippen molar-refractivity contribution in [1.82, 2.24) is 9.62 Å². The van der Waals surface area contributed by atoms with Gasteiger partial charge < -0.3 is 15.4 Å². The van der Waals surface area contributed by atoms with E-state index in [0.29, 0.717) is 19.4 Å². The number of amides is 2. The molecule has 0 aromatic heterocycles. The first kappa shape index (κ1) is 23.2. The molecule has 0 saturated carbocycles. The minimum Gasteiger partial charge on any atom is -0.666 e. The Hall–Kier alpha value is -0.826. The molecule has 2 rings (SSSR count). The fourth-order valence-corrected chi connectivity index (χ4v) is 4.40. The predicted molar refractivity (Wildman–Crippen MR) is 94.1 cm³/mol. The quantitative estimate of drug-likeness (QED) is 0.732. The molecule has 0 unspecified atom stereocenters. The molecule has 0 aliphatic carbocycles. The van der Waals surface area contributed by atoms with Gasteiger partial charge in [-0.15, -0.1) is 0 Å². The summed E-state index contributed by atoms with van der Waals surface area (Å²) in [5.41, 5.74) is 6.68. The molecule has 1 heterocycles. The third-order valence-corrected chi connectivity index (χ3v) is 6.14. The maximum absolute atomic E-state index is 13.0. The van der Waals surface area contributed by atoms with Crippen LogP contribution in [0.2, 0.25) is 0 Å². The topological polar surface area (TPSA) is 107 Å². The van der Waals surface area contributed by atoms with Gasteiger partial charge in [-0.2, -0.15) is 4.72 Å². The summed E-state index contributed by atoms with van der Waals surface area (Å²) in [5, 5.41) is 0. The van der Waals surface area contributed by atoms with Crippen LogP contribution in [0.1, 0.15) is 33.6 Å². The summed E-state index contributed by atoms with van der Waals surface area (Å²) in [7, 11) is -3.88. The summed E-state index contributed by atoms with van der Waals surface area (Å²) in [4.78, 5) is 25.8. The minimum atomic E-state index is -3.88. The van der Waals surface area contributed by atoms with Gasteiger partial charge in [0.1, 0.15) is 6.04 Å². The number of hydrogen-bond acceptors (Lipinski definition) is 4. The van der Waals surface area contributed by atoms with Gasteiger partial charge in [-0.25, -0.2) is 8.42 Å². The van der Waals surface area contributed by atoms with Crippen molar-refractivity contribution in [1.29, 1.82) is 0 Å². The van der Waals surface area contributed by atoms with Crippen molar-refractivity contribution in [2.75, 3.05) is 6.54 Å². The van der Waals surface area contributed by atoms with E-state index in [-0.39, 0.29) is 37.6 Å². The maximum atomic E-state index is 13.0. The number of likely N-dealkylation sites (tertiary alicyclic amines) is 1. The molecular weight excluding hydrogens is 431 g/mol. The van der Waals surface area contributed by atoms with Crippen LogP contribution in [0.25, 0.3) is 5.73 Å². The molecule has 7 nitrogen and oxygen atoms in total. The number of hydrogen-bond donors (Lipinski definition) is 1. The molecule has 2 amide bonds. The minimum absolute atomic E-state index is 0. The average Bonchev–Trinajstić information content (AvgIpc) is 2.65. The molecule has 1 aliphatic heterocycles. The number of nitrogens with zero attached hydrogens (tertiary/aromatic N) is 1. The zero-order valence-electron chi connectivity index (χ0n) is 15.2. The Labute approximate surface area is 180 Å². The number of benzene rings is 1. The molecule has 9 heteroatoms. The number of nitrogens with one attached hydrogen (secondary N) is 2. The third kappa shape index (κ3) is 5.12. The monoisotopic (exact) mass is 455 g/mol. The molecule has 1 fully saturated rings. The summed E-state index contributed by atoms with van der Waals surface area (Å²) in [5.74, 6) is -1.33. The van der Waals surface area contributed by atoms with Crippen molar-refractivity contribution < 1.29 is 50.7 Å². The van der Waals surface area contributed by atoms with Gasteiger partial charge in [-0.3, -0.25) is 4.79 Å². The number of carbonyl (C=O) groups is 2. The summed E-state index contributed by atoms with van der Waals surface area (Å²) < 4.78 is 27.9. The van der Waals surface area contributed by atoms with E-state index in [9.17, 15) is 18.0 Å². The van der Waals surface area contributed by atoms with Crippen LogP contribution in [0.4, 0.5) is 0 Å². The van der Waals surface area contributed by atoms with Crippen molar-refractivity contribution in [2.24, 2.45) is 5.41 Å². The van der Waals surface area contributed by atoms with E-state index in [1.807, 2.05) is 13.8 Å². The summed E-state index contributed by atoms with van der Waals surface area (Å²) in [6.45, 7) is 5.49. The summed E-state index contributed by atoms with van der Waals surface area (Å²) in [6, 6.07) is 5.97. The fraction of sp³-hybridized carbons (Fsp3) is 0.529. The molecule has 2 atom stereocenters. The van der Waals surface area contributed by atoms with E-state index in [1.54, 1.807) is 18.2 Å². The first-order chi connectivity index (χ1) is 11.6.